The van der Waals surface area contributed by atoms with Gasteiger partial charge in [-0.2, -0.15) is 0 Å². The number of carboxylic acid groups (broad SMARTS) is 2. The van der Waals surface area contributed by atoms with Gasteiger partial charge in [0.1, 0.15) is 0 Å². The average molecular weight is 1990 g/mol. The molecule has 830 valence electrons. The number of unbranched alkanes of at least 4 members (excludes halogenated alkanes) is 1. The summed E-state index contributed by atoms with van der Waals surface area (Å²) in [6, 6.07) is -0.527. The first-order valence-electron chi connectivity index (χ1n) is 48.6. The quantitative estimate of drug-likeness (QED) is 0.0278. The van der Waals surface area contributed by atoms with Crippen LogP contribution in [0, 0.1) is 38.4 Å². The lowest BCUT2D eigenvalue weighted by Crippen LogP contribution is -2.47. The number of aliphatic hydroxyl groups is 2. The molecule has 0 saturated carbocycles. The van der Waals surface area contributed by atoms with Crippen LogP contribution in [0.2, 0.25) is 0 Å². The van der Waals surface area contributed by atoms with Gasteiger partial charge in [-0.15, -0.1) is 0 Å². The molecule has 0 spiro atoms. The average Bonchev–Trinajstić information content (AvgIpc) is 0.876. The zero-order chi connectivity index (χ0) is 106. The van der Waals surface area contributed by atoms with E-state index in [9.17, 15) is 47.9 Å². The van der Waals surface area contributed by atoms with Gasteiger partial charge in [-0.05, 0) is 199 Å². The number of carboxylic acids is 2. The number of hydrogen-bond donors (Lipinski definition) is 7. The molecular weight excluding hydrogens is 1760 g/mol. The van der Waals surface area contributed by atoms with Gasteiger partial charge in [-0.1, -0.05) is 175 Å². The van der Waals surface area contributed by atoms with Crippen molar-refractivity contribution in [2.75, 3.05) is 219 Å². The summed E-state index contributed by atoms with van der Waals surface area (Å²) in [6.45, 7) is 90.7. The fourth-order valence-electron chi connectivity index (χ4n) is 11.5. The number of carbonyl (C=O) groups excluding carboxylic acids is 8. The molecule has 138 heavy (non-hydrogen) atoms. The zero-order valence-corrected chi connectivity index (χ0v) is 93.4. The van der Waals surface area contributed by atoms with Crippen molar-refractivity contribution in [1.82, 2.24) is 64.1 Å². The second kappa shape index (κ2) is 73.2. The first-order chi connectivity index (χ1) is 59.8. The van der Waals surface area contributed by atoms with E-state index in [2.05, 4.69) is 195 Å². The third kappa shape index (κ3) is 79.5. The molecule has 1 atom stereocenters. The highest BCUT2D eigenvalue weighted by molar-refractivity contribution is 5.84. The number of hydrogen-bond acceptors (Lipinski definition) is 21. The molecule has 0 unspecified atom stereocenters. The van der Waals surface area contributed by atoms with Crippen LogP contribution in [0.15, 0.2) is 0 Å². The zero-order valence-electron chi connectivity index (χ0n) is 93.4. The topological polar surface area (TPSA) is 382 Å². The van der Waals surface area contributed by atoms with E-state index < -0.39 is 50.5 Å². The van der Waals surface area contributed by atoms with Gasteiger partial charge >= 0.3 is 18.0 Å². The molecule has 32 nitrogen and oxygen atoms in total. The Balaban J connectivity index is -0.000000155. The van der Waals surface area contributed by atoms with Crippen molar-refractivity contribution in [3.05, 3.63) is 0 Å². The van der Waals surface area contributed by atoms with E-state index in [1.165, 1.54) is 0 Å². The maximum absolute atomic E-state index is 12.7. The van der Waals surface area contributed by atoms with Crippen molar-refractivity contribution in [2.24, 2.45) is 49.9 Å². The van der Waals surface area contributed by atoms with Gasteiger partial charge in [-0.25, -0.2) is 4.79 Å². The molecule has 0 bridgehead atoms. The lowest BCUT2D eigenvalue weighted by molar-refractivity contribution is -0.142. The molecular formula is C106H229N15O17. The van der Waals surface area contributed by atoms with Crippen LogP contribution in [0.4, 0.5) is 4.79 Å². The summed E-state index contributed by atoms with van der Waals surface area (Å²) in [5, 5.41) is 37.6. The van der Waals surface area contributed by atoms with E-state index in [0.29, 0.717) is 157 Å². The highest BCUT2D eigenvalue weighted by Gasteiger charge is 2.35. The molecule has 0 aliphatic carbocycles. The minimum absolute atomic E-state index is 0. The predicted octanol–water partition coefficient (Wildman–Crippen LogP) is 15.8. The van der Waals surface area contributed by atoms with Gasteiger partial charge in [0.25, 0.3) is 0 Å². The van der Waals surface area contributed by atoms with Crippen molar-refractivity contribution in [1.29, 1.82) is 0 Å². The van der Waals surface area contributed by atoms with Gasteiger partial charge in [-0.3, -0.25) is 72.6 Å². The van der Waals surface area contributed by atoms with Gasteiger partial charge < -0.3 is 80.8 Å². The smallest absolute Gasteiger partial charge is 0.312 e. The van der Waals surface area contributed by atoms with Crippen LogP contribution in [0.5, 0.6) is 0 Å². The number of rotatable bonds is 49. The van der Waals surface area contributed by atoms with Gasteiger partial charge in [0.15, 0.2) is 0 Å². The number of aliphatic carboxylic acids is 2. The molecule has 0 saturated heterocycles. The summed E-state index contributed by atoms with van der Waals surface area (Å²) in [5.74, 6) is -1.42. The van der Waals surface area contributed by atoms with E-state index in [4.69, 9.17) is 46.1 Å². The maximum Gasteiger partial charge on any atom is 0.312 e. The summed E-state index contributed by atoms with van der Waals surface area (Å²) in [6.07, 6.45) is 4.58. The number of nitrogens with two attached hydrogens (primary N) is 2. The highest BCUT2D eigenvalue weighted by atomic mass is 16.5. The number of likely N-dealkylation sites (N-methyl/N-ethyl adjacent to an activating group) is 6. The lowest BCUT2D eigenvalue weighted by Gasteiger charge is -2.35. The first-order valence-corrected chi connectivity index (χ1v) is 48.6. The summed E-state index contributed by atoms with van der Waals surface area (Å²) in [4.78, 5) is 143. The van der Waals surface area contributed by atoms with Crippen LogP contribution in [0.1, 0.15) is 345 Å². The van der Waals surface area contributed by atoms with Gasteiger partial charge in [0.05, 0.1) is 58.8 Å². The predicted molar refractivity (Wildman–Crippen MR) is 579 cm³/mol. The van der Waals surface area contributed by atoms with E-state index in [1.54, 1.807) is 11.8 Å². The lowest BCUT2D eigenvalue weighted by atomic mass is 9.94. The second-order valence-corrected chi connectivity index (χ2v) is 47.5. The number of primary amides is 2. The number of carbonyl (C=O) groups is 10. The molecule has 0 aliphatic rings. The molecule has 0 aromatic heterocycles. The van der Waals surface area contributed by atoms with Gasteiger partial charge in [0, 0.05) is 203 Å². The van der Waals surface area contributed by atoms with E-state index in [-0.39, 0.29) is 137 Å². The van der Waals surface area contributed by atoms with Crippen LogP contribution >= 0.6 is 0 Å². The number of urea groups is 1. The van der Waals surface area contributed by atoms with Crippen LogP contribution in [-0.2, 0) is 57.4 Å². The van der Waals surface area contributed by atoms with Crippen LogP contribution in [-0.4, -0.2) is 391 Å². The van der Waals surface area contributed by atoms with Crippen molar-refractivity contribution in [3.8, 4) is 0 Å². The van der Waals surface area contributed by atoms with Gasteiger partial charge in [0.2, 0.25) is 41.4 Å². The molecule has 0 aromatic carbocycles. The summed E-state index contributed by atoms with van der Waals surface area (Å²) in [7, 11) is 12.4. The maximum atomic E-state index is 12.7. The number of nitrogens with zero attached hydrogens (tertiary/aromatic N) is 12. The first kappa shape index (κ1) is 155. The molecule has 0 radical (unpaired) electrons. The van der Waals surface area contributed by atoms with Crippen molar-refractivity contribution < 1.29 is 82.6 Å². The van der Waals surface area contributed by atoms with E-state index >= 15 is 0 Å². The Morgan fingerprint density at radius 3 is 0.674 bits per heavy atom. The number of nitrogens with one attached hydrogen (secondary N) is 1. The summed E-state index contributed by atoms with van der Waals surface area (Å²) >= 11 is 0. The normalized spacial score (nSPS) is 12.4. The van der Waals surface area contributed by atoms with Crippen molar-refractivity contribution >= 4 is 59.3 Å². The standard InChI is InChI=1S/C19H38N2O3.C18H38N2O4.C16H34N4O2.C16H33N3O2.C16H34N2O3.C16H32N2O3.5CH4/c1-15(16(22)23)11-9-10-12-21(17(24)18(2,3)4)14-13-20(8)19(5,6)7;1-17(2,3)16(22)20(9-8-19(7)18(4,5)6)10-12-23-14-15-24-13-11-21;1-15(2,3)13(21)20(10-8-9-18-14(17)22)12-11-19(7)16(4,5)6;1-15(2,3)14(21)19(10-8-9-13(17)20)12-11-18(7)16(4,5)6;1-15(2,3)14(20)18(10-12-21-13-11-19)9-8-17(7)16(4,5)6;1-15(2,3)14(21)18(10-8-9-13(19)20)12-11-17(7)16(4,5)6;;;;;/h15H,9-14H2,1-8H3,(H,22,23);21H,8-15H2,1-7H3;8-12H2,1-7H3,(H3,17,18,22);8-12H2,1-7H3,(H2,17,20);19H,8-13H2,1-7H3;8-12H2,1-7H3,(H,19,20);5*1H4/t15-;;;;;;;;;;/m0........../s1. The third-order valence-electron chi connectivity index (χ3n) is 22.8. The van der Waals surface area contributed by atoms with Crippen molar-refractivity contribution in [3.63, 3.8) is 0 Å². The minimum Gasteiger partial charge on any atom is -0.481 e. The minimum atomic E-state index is -0.815. The Hall–Kier alpha value is -5.94. The molecule has 32 heteroatoms. The Morgan fingerprint density at radius 2 is 0.478 bits per heavy atom. The molecule has 0 heterocycles. The molecule has 0 fully saturated rings. The SMILES string of the molecule is C.C.C.C.C.CN(CCN(CCCC(=O)O)C(=O)C(C)(C)C)C(C)(C)C.CN(CCN(CCCC(N)=O)C(=O)C(C)(C)C)C(C)(C)C.CN(CCN(CCCNC(N)=O)C(=O)C(C)(C)C)C(C)(C)C.CN(CCN(CCOCCO)C(=O)C(C)(C)C)C(C)(C)C.CN(CCN(CCOCCOCCO)C(=O)C(C)(C)C)C(C)(C)C.C[C@@H](CCCCN(CCN(C)C(C)(C)C)C(=O)C(C)(C)C)C(=O)O. The Bertz CT molecular complexity index is 3160. The van der Waals surface area contributed by atoms with Crippen molar-refractivity contribution in [2.45, 2.75) is 378 Å². The van der Waals surface area contributed by atoms with Crippen LogP contribution in [0.3, 0.4) is 0 Å². The fourth-order valence-corrected chi connectivity index (χ4v) is 11.5. The third-order valence-corrected chi connectivity index (χ3v) is 22.8. The molecule has 0 rings (SSSR count). The highest BCUT2D eigenvalue weighted by Crippen LogP contribution is 2.26. The summed E-state index contributed by atoms with van der Waals surface area (Å²) in [5.41, 5.74) is 8.22. The molecule has 0 aromatic rings. The number of aliphatic hydroxyl groups excluding tert-OH is 2. The number of amides is 9. The monoisotopic (exact) mass is 1980 g/mol. The van der Waals surface area contributed by atoms with E-state index in [1.807, 2.05) is 156 Å². The van der Waals surface area contributed by atoms with Crippen LogP contribution < -0.4 is 16.8 Å². The Kier molecular flexibility index (Phi) is 82.1. The van der Waals surface area contributed by atoms with Crippen LogP contribution in [0.25, 0.3) is 0 Å². The molecule has 9 N–H and O–H groups in total. The van der Waals surface area contributed by atoms with E-state index in [0.717, 1.165) is 52.1 Å². The largest absolute Gasteiger partial charge is 0.481 e. The number of ether oxygens (including phenoxy) is 3. The Morgan fingerprint density at radius 1 is 0.275 bits per heavy atom. The fraction of sp³-hybridized carbons (Fsp3) is 0.906. The second-order valence-electron chi connectivity index (χ2n) is 47.5. The molecule has 0 aliphatic heterocycles. The molecule has 9 amide bonds. The summed E-state index contributed by atoms with van der Waals surface area (Å²) < 4.78 is 16.0. The Labute approximate surface area is 849 Å².